The Labute approximate surface area is 109 Å². The molecule has 0 bridgehead atoms. The molecule has 0 aliphatic carbocycles. The van der Waals surface area contributed by atoms with Gasteiger partial charge in [0.05, 0.1) is 11.1 Å². The summed E-state index contributed by atoms with van der Waals surface area (Å²) < 4.78 is 1.45. The number of aromatic nitrogens is 3. The maximum atomic E-state index is 12.5. The number of terminal acetylenes is 1. The van der Waals surface area contributed by atoms with Gasteiger partial charge < -0.3 is 4.98 Å². The summed E-state index contributed by atoms with van der Waals surface area (Å²) in [5.74, 6) is 2.76. The molecule has 0 spiro atoms. The molecule has 0 radical (unpaired) electrons. The first-order chi connectivity index (χ1) is 9.20. The van der Waals surface area contributed by atoms with Crippen molar-refractivity contribution in [1.29, 1.82) is 0 Å². The zero-order valence-electron chi connectivity index (χ0n) is 10.3. The summed E-state index contributed by atoms with van der Waals surface area (Å²) in [6, 6.07) is 9.29. The lowest BCUT2D eigenvalue weighted by molar-refractivity contribution is 0.935. The Kier molecular flexibility index (Phi) is 2.46. The number of aromatic amines is 1. The summed E-state index contributed by atoms with van der Waals surface area (Å²) in [6.45, 7) is 1.99. The van der Waals surface area contributed by atoms with E-state index >= 15 is 0 Å². The van der Waals surface area contributed by atoms with E-state index in [1.165, 1.54) is 4.57 Å². The second kappa shape index (κ2) is 4.14. The number of H-pyrrole nitrogens is 1. The molecule has 0 amide bonds. The molecule has 0 unspecified atom stereocenters. The van der Waals surface area contributed by atoms with Gasteiger partial charge in [-0.15, -0.1) is 6.42 Å². The van der Waals surface area contributed by atoms with Crippen molar-refractivity contribution in [3.63, 3.8) is 0 Å². The number of nitrogens with zero attached hydrogens (tertiary/aromatic N) is 2. The van der Waals surface area contributed by atoms with Gasteiger partial charge in [-0.2, -0.15) is 0 Å². The van der Waals surface area contributed by atoms with E-state index in [4.69, 9.17) is 6.42 Å². The Balaban J connectivity index is 2.39. The van der Waals surface area contributed by atoms with E-state index in [9.17, 15) is 4.79 Å². The average Bonchev–Trinajstić information content (AvgIpc) is 2.88. The number of fused-ring (bicyclic) bond motifs is 1. The molecule has 4 heteroatoms. The fourth-order valence-corrected chi connectivity index (χ4v) is 2.03. The van der Waals surface area contributed by atoms with Gasteiger partial charge in [-0.1, -0.05) is 17.7 Å². The average molecular weight is 249 g/mol. The number of aryl methyl sites for hydroxylation is 1. The minimum absolute atomic E-state index is 0.164. The van der Waals surface area contributed by atoms with Crippen molar-refractivity contribution < 1.29 is 0 Å². The molecule has 0 atom stereocenters. The maximum absolute atomic E-state index is 12.5. The lowest BCUT2D eigenvalue weighted by atomic mass is 10.2. The summed E-state index contributed by atoms with van der Waals surface area (Å²) in [4.78, 5) is 19.6. The van der Waals surface area contributed by atoms with Crippen LogP contribution < -0.4 is 5.56 Å². The van der Waals surface area contributed by atoms with Gasteiger partial charge in [-0.3, -0.25) is 9.36 Å². The second-order valence-electron chi connectivity index (χ2n) is 4.30. The Hall–Kier alpha value is -2.80. The normalized spacial score (nSPS) is 10.5. The summed E-state index contributed by atoms with van der Waals surface area (Å²) in [5.41, 5.74) is 2.19. The Morgan fingerprint density at radius 1 is 1.26 bits per heavy atom. The number of benzene rings is 1. The molecule has 0 saturated heterocycles. The van der Waals surface area contributed by atoms with E-state index in [2.05, 4.69) is 15.9 Å². The topological polar surface area (TPSA) is 50.7 Å². The van der Waals surface area contributed by atoms with Crippen molar-refractivity contribution in [2.24, 2.45) is 0 Å². The molecule has 2 heterocycles. The number of hydrogen-bond acceptors (Lipinski definition) is 2. The van der Waals surface area contributed by atoms with Gasteiger partial charge in [0.15, 0.2) is 5.82 Å². The highest BCUT2D eigenvalue weighted by molar-refractivity contribution is 5.75. The van der Waals surface area contributed by atoms with Crippen molar-refractivity contribution in [2.75, 3.05) is 0 Å². The number of nitrogens with one attached hydrogen (secondary N) is 1. The van der Waals surface area contributed by atoms with Crippen molar-refractivity contribution in [2.45, 2.75) is 6.92 Å². The van der Waals surface area contributed by atoms with Crippen LogP contribution in [0, 0.1) is 19.3 Å². The van der Waals surface area contributed by atoms with Gasteiger partial charge in [-0.05, 0) is 31.0 Å². The highest BCUT2D eigenvalue weighted by Gasteiger charge is 2.11. The largest absolute Gasteiger partial charge is 0.346 e. The van der Waals surface area contributed by atoms with Crippen LogP contribution in [-0.2, 0) is 0 Å². The highest BCUT2D eigenvalue weighted by atomic mass is 16.1. The SMILES string of the molecule is C#Cc1nc2[nH]ccc2c(=O)n1-c1ccc(C)cc1. The lowest BCUT2D eigenvalue weighted by Crippen LogP contribution is -2.22. The maximum Gasteiger partial charge on any atom is 0.268 e. The minimum atomic E-state index is -0.164. The van der Waals surface area contributed by atoms with E-state index in [1.54, 1.807) is 12.3 Å². The molecule has 3 rings (SSSR count). The summed E-state index contributed by atoms with van der Waals surface area (Å²) in [7, 11) is 0. The first-order valence-electron chi connectivity index (χ1n) is 5.84. The predicted molar refractivity (Wildman–Crippen MR) is 74.4 cm³/mol. The molecule has 0 fully saturated rings. The molecule has 1 aromatic carbocycles. The molecule has 19 heavy (non-hydrogen) atoms. The van der Waals surface area contributed by atoms with Crippen molar-refractivity contribution in [1.82, 2.24) is 14.5 Å². The summed E-state index contributed by atoms with van der Waals surface area (Å²) >= 11 is 0. The summed E-state index contributed by atoms with van der Waals surface area (Å²) in [6.07, 6.45) is 7.14. The molecule has 0 aliphatic heterocycles. The van der Waals surface area contributed by atoms with E-state index in [0.29, 0.717) is 16.9 Å². The van der Waals surface area contributed by atoms with E-state index in [0.717, 1.165) is 11.3 Å². The van der Waals surface area contributed by atoms with Crippen LogP contribution in [0.1, 0.15) is 11.4 Å². The van der Waals surface area contributed by atoms with Crippen LogP contribution in [0.25, 0.3) is 16.7 Å². The smallest absolute Gasteiger partial charge is 0.268 e. The first kappa shape index (κ1) is 11.3. The van der Waals surface area contributed by atoms with Gasteiger partial charge in [-0.25, -0.2) is 4.98 Å². The molecule has 3 aromatic rings. The van der Waals surface area contributed by atoms with Gasteiger partial charge in [0.2, 0.25) is 0 Å². The Bertz CT molecular complexity index is 848. The number of hydrogen-bond donors (Lipinski definition) is 1. The Morgan fingerprint density at radius 3 is 2.68 bits per heavy atom. The van der Waals surface area contributed by atoms with Crippen LogP contribution in [0.2, 0.25) is 0 Å². The van der Waals surface area contributed by atoms with Gasteiger partial charge in [0.1, 0.15) is 5.65 Å². The third-order valence-electron chi connectivity index (χ3n) is 3.01. The van der Waals surface area contributed by atoms with E-state index < -0.39 is 0 Å². The Morgan fingerprint density at radius 2 is 2.00 bits per heavy atom. The van der Waals surface area contributed by atoms with E-state index in [-0.39, 0.29) is 5.56 Å². The third kappa shape index (κ3) is 1.72. The molecule has 0 saturated carbocycles. The van der Waals surface area contributed by atoms with Crippen molar-refractivity contribution in [3.8, 4) is 18.0 Å². The van der Waals surface area contributed by atoms with Crippen molar-refractivity contribution in [3.05, 3.63) is 58.3 Å². The fraction of sp³-hybridized carbons (Fsp3) is 0.0667. The third-order valence-corrected chi connectivity index (χ3v) is 3.01. The van der Waals surface area contributed by atoms with E-state index in [1.807, 2.05) is 31.2 Å². The van der Waals surface area contributed by atoms with Gasteiger partial charge >= 0.3 is 0 Å². The van der Waals surface area contributed by atoms with Crippen LogP contribution in [0.5, 0.6) is 0 Å². The van der Waals surface area contributed by atoms with Crippen molar-refractivity contribution >= 4 is 11.0 Å². The van der Waals surface area contributed by atoms with Gasteiger partial charge in [0.25, 0.3) is 5.56 Å². The molecular formula is C15H11N3O. The van der Waals surface area contributed by atoms with Crippen LogP contribution in [-0.4, -0.2) is 14.5 Å². The second-order valence-corrected chi connectivity index (χ2v) is 4.30. The van der Waals surface area contributed by atoms with Crippen LogP contribution in [0.15, 0.2) is 41.3 Å². The molecule has 92 valence electrons. The summed E-state index contributed by atoms with van der Waals surface area (Å²) in [5, 5.41) is 0.527. The fourth-order valence-electron chi connectivity index (χ4n) is 2.03. The predicted octanol–water partition coefficient (Wildman–Crippen LogP) is 2.00. The van der Waals surface area contributed by atoms with Gasteiger partial charge in [0, 0.05) is 6.20 Å². The molecule has 1 N–H and O–H groups in total. The molecule has 0 aliphatic rings. The quantitative estimate of drug-likeness (QED) is 0.671. The highest BCUT2D eigenvalue weighted by Crippen LogP contribution is 2.12. The lowest BCUT2D eigenvalue weighted by Gasteiger charge is -2.08. The van der Waals surface area contributed by atoms with Crippen LogP contribution >= 0.6 is 0 Å². The standard InChI is InChI=1S/C15H11N3O/c1-3-13-17-14-12(8-9-16-14)15(19)18(13)11-6-4-10(2)5-7-11/h1,4-9,16H,2H3. The molecule has 2 aromatic heterocycles. The number of rotatable bonds is 1. The monoisotopic (exact) mass is 249 g/mol. The molecule has 4 nitrogen and oxygen atoms in total. The first-order valence-corrected chi connectivity index (χ1v) is 5.84. The zero-order chi connectivity index (χ0) is 13.4. The molecular weight excluding hydrogens is 238 g/mol. The minimum Gasteiger partial charge on any atom is -0.346 e. The van der Waals surface area contributed by atoms with Crippen LogP contribution in [0.4, 0.5) is 0 Å². The zero-order valence-corrected chi connectivity index (χ0v) is 10.3. The van der Waals surface area contributed by atoms with Crippen LogP contribution in [0.3, 0.4) is 0 Å².